The van der Waals surface area contributed by atoms with Gasteiger partial charge in [0.1, 0.15) is 0 Å². The number of nitrogens with one attached hydrogen (secondary N) is 1. The van der Waals surface area contributed by atoms with E-state index < -0.39 is 18.1 Å². The van der Waals surface area contributed by atoms with Crippen LogP contribution in [0.3, 0.4) is 0 Å². The largest absolute Gasteiger partial charge is 0.469 e. The van der Waals surface area contributed by atoms with Crippen LogP contribution in [0.1, 0.15) is 24.9 Å². The van der Waals surface area contributed by atoms with Gasteiger partial charge in [-0.15, -0.1) is 12.4 Å². The van der Waals surface area contributed by atoms with Crippen LogP contribution in [0.5, 0.6) is 0 Å². The van der Waals surface area contributed by atoms with Crippen molar-refractivity contribution in [2.75, 3.05) is 7.11 Å². The molecule has 0 heterocycles. The predicted octanol–water partition coefficient (Wildman–Crippen LogP) is 1.83. The number of nitrogens with two attached hydrogens (primary N) is 1. The molecular formula is C13H18Cl2N2O3. The summed E-state index contributed by atoms with van der Waals surface area (Å²) < 4.78 is 4.62. The lowest BCUT2D eigenvalue weighted by Crippen LogP contribution is -2.41. The lowest BCUT2D eigenvalue weighted by atomic mass is 10.0. The highest BCUT2D eigenvalue weighted by atomic mass is 35.5. The van der Waals surface area contributed by atoms with Gasteiger partial charge in [-0.1, -0.05) is 23.7 Å². The van der Waals surface area contributed by atoms with Crippen molar-refractivity contribution >= 4 is 35.9 Å². The molecule has 3 N–H and O–H groups in total. The maximum atomic E-state index is 11.6. The second-order valence-electron chi connectivity index (χ2n) is 4.18. The Morgan fingerprint density at radius 1 is 1.35 bits per heavy atom. The number of ether oxygens (including phenoxy) is 1. The molecular weight excluding hydrogens is 303 g/mol. The molecule has 0 radical (unpaired) electrons. The lowest BCUT2D eigenvalue weighted by molar-refractivity contribution is -0.141. The molecule has 1 aromatic rings. The third kappa shape index (κ3) is 5.77. The highest BCUT2D eigenvalue weighted by Gasteiger charge is 2.20. The van der Waals surface area contributed by atoms with Crippen molar-refractivity contribution in [2.45, 2.75) is 25.4 Å². The quantitative estimate of drug-likeness (QED) is 0.811. The van der Waals surface area contributed by atoms with Crippen LogP contribution in [0.25, 0.3) is 0 Å². The topological polar surface area (TPSA) is 81.4 Å². The number of hydrogen-bond acceptors (Lipinski definition) is 4. The molecule has 112 valence electrons. The Balaban J connectivity index is 0.00000361. The van der Waals surface area contributed by atoms with Gasteiger partial charge in [0.05, 0.1) is 25.6 Å². The molecule has 1 amide bonds. The lowest BCUT2D eigenvalue weighted by Gasteiger charge is -2.19. The van der Waals surface area contributed by atoms with Gasteiger partial charge < -0.3 is 15.8 Å². The van der Waals surface area contributed by atoms with E-state index >= 15 is 0 Å². The van der Waals surface area contributed by atoms with E-state index in [1.54, 1.807) is 31.2 Å². The van der Waals surface area contributed by atoms with E-state index in [2.05, 4.69) is 10.1 Å². The molecule has 20 heavy (non-hydrogen) atoms. The van der Waals surface area contributed by atoms with Gasteiger partial charge in [0.2, 0.25) is 5.91 Å². The Morgan fingerprint density at radius 2 is 1.90 bits per heavy atom. The van der Waals surface area contributed by atoms with Gasteiger partial charge in [-0.2, -0.15) is 0 Å². The number of carbonyl (C=O) groups is 2. The zero-order valence-electron chi connectivity index (χ0n) is 11.3. The maximum Gasteiger partial charge on any atom is 0.307 e. The first-order valence-corrected chi connectivity index (χ1v) is 6.20. The molecule has 0 bridgehead atoms. The highest BCUT2D eigenvalue weighted by Crippen LogP contribution is 2.20. The Kier molecular flexibility index (Phi) is 8.22. The van der Waals surface area contributed by atoms with E-state index in [0.29, 0.717) is 5.02 Å². The molecule has 0 unspecified atom stereocenters. The van der Waals surface area contributed by atoms with Gasteiger partial charge in [0.25, 0.3) is 0 Å². The minimum Gasteiger partial charge on any atom is -0.469 e. The fraction of sp³-hybridized carbons (Fsp3) is 0.385. The van der Waals surface area contributed by atoms with Crippen LogP contribution in [0.2, 0.25) is 5.02 Å². The Morgan fingerprint density at radius 3 is 2.35 bits per heavy atom. The summed E-state index contributed by atoms with van der Waals surface area (Å²) in [4.78, 5) is 23.0. The highest BCUT2D eigenvalue weighted by molar-refractivity contribution is 6.30. The van der Waals surface area contributed by atoms with E-state index in [-0.39, 0.29) is 24.7 Å². The second kappa shape index (κ2) is 8.79. The van der Waals surface area contributed by atoms with Crippen LogP contribution in [-0.4, -0.2) is 25.0 Å². The number of amides is 1. The fourth-order valence-corrected chi connectivity index (χ4v) is 1.63. The summed E-state index contributed by atoms with van der Waals surface area (Å²) in [6.45, 7) is 1.58. The van der Waals surface area contributed by atoms with Gasteiger partial charge >= 0.3 is 5.97 Å². The molecule has 0 spiro atoms. The van der Waals surface area contributed by atoms with E-state index in [1.165, 1.54) is 7.11 Å². The third-order valence-corrected chi connectivity index (χ3v) is 2.85. The van der Waals surface area contributed by atoms with Crippen LogP contribution < -0.4 is 11.1 Å². The van der Waals surface area contributed by atoms with Crippen LogP contribution in [-0.2, 0) is 14.3 Å². The summed E-state index contributed by atoms with van der Waals surface area (Å²) in [5.41, 5.74) is 6.27. The van der Waals surface area contributed by atoms with Gasteiger partial charge in [-0.3, -0.25) is 9.59 Å². The SMILES string of the molecule is COC(=O)C[C@H](NC(=O)[C@@H](C)N)c1ccc(Cl)cc1.Cl. The zero-order chi connectivity index (χ0) is 14.4. The molecule has 7 heteroatoms. The van der Waals surface area contributed by atoms with Gasteiger partial charge in [-0.25, -0.2) is 0 Å². The molecule has 1 rings (SSSR count). The summed E-state index contributed by atoms with van der Waals surface area (Å²) in [6, 6.07) is 5.75. The maximum absolute atomic E-state index is 11.6. The van der Waals surface area contributed by atoms with Crippen molar-refractivity contribution in [3.63, 3.8) is 0 Å². The number of methoxy groups -OCH3 is 1. The molecule has 0 saturated carbocycles. The Bertz CT molecular complexity index is 449. The molecule has 2 atom stereocenters. The van der Waals surface area contributed by atoms with Crippen LogP contribution in [0.15, 0.2) is 24.3 Å². The van der Waals surface area contributed by atoms with Gasteiger partial charge in [0, 0.05) is 5.02 Å². The van der Waals surface area contributed by atoms with Gasteiger partial charge in [0.15, 0.2) is 0 Å². The third-order valence-electron chi connectivity index (χ3n) is 2.60. The standard InChI is InChI=1S/C13H17ClN2O3.ClH/c1-8(15)13(18)16-11(7-12(17)19-2)9-3-5-10(14)6-4-9;/h3-6,8,11H,7,15H2,1-2H3,(H,16,18);1H/t8-,11+;/m1./s1. The molecule has 1 aromatic carbocycles. The summed E-state index contributed by atoms with van der Waals surface area (Å²) in [7, 11) is 1.30. The van der Waals surface area contributed by atoms with Crippen molar-refractivity contribution in [3.8, 4) is 0 Å². The summed E-state index contributed by atoms with van der Waals surface area (Å²) in [5.74, 6) is -0.742. The normalized spacial score (nSPS) is 12.8. The number of carbonyl (C=O) groups excluding carboxylic acids is 2. The number of esters is 1. The summed E-state index contributed by atoms with van der Waals surface area (Å²) in [5, 5.41) is 3.29. The van der Waals surface area contributed by atoms with Crippen molar-refractivity contribution in [2.24, 2.45) is 5.73 Å². The smallest absolute Gasteiger partial charge is 0.307 e. The minimum atomic E-state index is -0.646. The number of hydrogen-bond donors (Lipinski definition) is 2. The Hall–Kier alpha value is -1.30. The van der Waals surface area contributed by atoms with E-state index in [4.69, 9.17) is 17.3 Å². The number of benzene rings is 1. The fourth-order valence-electron chi connectivity index (χ4n) is 1.50. The van der Waals surface area contributed by atoms with Crippen molar-refractivity contribution in [1.29, 1.82) is 0 Å². The number of rotatable bonds is 5. The summed E-state index contributed by atoms with van der Waals surface area (Å²) in [6.07, 6.45) is 0.0383. The molecule has 0 aliphatic heterocycles. The molecule has 0 saturated heterocycles. The molecule has 5 nitrogen and oxygen atoms in total. The van der Waals surface area contributed by atoms with Gasteiger partial charge in [-0.05, 0) is 24.6 Å². The van der Waals surface area contributed by atoms with E-state index in [1.807, 2.05) is 0 Å². The first kappa shape index (κ1) is 18.7. The number of halogens is 2. The van der Waals surface area contributed by atoms with E-state index in [9.17, 15) is 9.59 Å². The molecule has 0 aliphatic rings. The van der Waals surface area contributed by atoms with Crippen LogP contribution >= 0.6 is 24.0 Å². The average molecular weight is 321 g/mol. The van der Waals surface area contributed by atoms with Crippen LogP contribution in [0.4, 0.5) is 0 Å². The zero-order valence-corrected chi connectivity index (χ0v) is 12.8. The van der Waals surface area contributed by atoms with E-state index in [0.717, 1.165) is 5.56 Å². The average Bonchev–Trinajstić information content (AvgIpc) is 2.38. The Labute approximate surface area is 129 Å². The first-order chi connectivity index (χ1) is 8.93. The molecule has 0 aromatic heterocycles. The molecule has 0 aliphatic carbocycles. The first-order valence-electron chi connectivity index (χ1n) is 5.82. The predicted molar refractivity (Wildman–Crippen MR) is 79.9 cm³/mol. The van der Waals surface area contributed by atoms with Crippen LogP contribution in [0, 0.1) is 0 Å². The molecule has 0 fully saturated rings. The van der Waals surface area contributed by atoms with Crippen molar-refractivity contribution in [1.82, 2.24) is 5.32 Å². The second-order valence-corrected chi connectivity index (χ2v) is 4.62. The van der Waals surface area contributed by atoms with Crippen molar-refractivity contribution in [3.05, 3.63) is 34.9 Å². The summed E-state index contributed by atoms with van der Waals surface area (Å²) >= 11 is 5.81. The van der Waals surface area contributed by atoms with Crippen molar-refractivity contribution < 1.29 is 14.3 Å². The monoisotopic (exact) mass is 320 g/mol. The minimum absolute atomic E-state index is 0.